The van der Waals surface area contributed by atoms with Crippen LogP contribution in [0.3, 0.4) is 0 Å². The molecule has 0 heterocycles. The molecule has 0 aromatic heterocycles. The van der Waals surface area contributed by atoms with E-state index < -0.39 is 5.97 Å². The topological polar surface area (TPSA) is 67.8 Å². The molecule has 1 N–H and O–H groups in total. The highest BCUT2D eigenvalue weighted by Gasteiger charge is 2.16. The third kappa shape index (κ3) is 5.48. The van der Waals surface area contributed by atoms with Crippen molar-refractivity contribution in [1.82, 2.24) is 5.43 Å². The Morgan fingerprint density at radius 2 is 1.51 bits per heavy atom. The van der Waals surface area contributed by atoms with E-state index in [0.717, 1.165) is 27.1 Å². The van der Waals surface area contributed by atoms with Gasteiger partial charge in [0.1, 0.15) is 5.75 Å². The van der Waals surface area contributed by atoms with Crippen LogP contribution in [0.4, 0.5) is 0 Å². The molecular weight excluding hydrogens is 507 g/mol. The molecule has 7 heteroatoms. The molecule has 1 amide bonds. The summed E-state index contributed by atoms with van der Waals surface area (Å²) in [6, 6.07) is 29.5. The van der Waals surface area contributed by atoms with E-state index in [4.69, 9.17) is 27.9 Å². The molecule has 5 rings (SSSR count). The number of nitrogens with zero attached hydrogens (tertiary/aromatic N) is 1. The largest absolute Gasteiger partial charge is 0.422 e. The number of fused-ring (bicyclic) bond motifs is 2. The summed E-state index contributed by atoms with van der Waals surface area (Å²) in [6.45, 7) is 0. The van der Waals surface area contributed by atoms with Crippen molar-refractivity contribution in [3.05, 3.63) is 124 Å². The van der Waals surface area contributed by atoms with E-state index in [-0.39, 0.29) is 28.7 Å². The van der Waals surface area contributed by atoms with E-state index in [0.29, 0.717) is 10.6 Å². The van der Waals surface area contributed by atoms with Gasteiger partial charge < -0.3 is 4.74 Å². The molecule has 182 valence electrons. The number of hydrogen-bond donors (Lipinski definition) is 1. The fourth-order valence-corrected chi connectivity index (χ4v) is 4.62. The third-order valence-electron chi connectivity index (χ3n) is 5.90. The molecule has 0 saturated carbocycles. The molecule has 0 atom stereocenters. The Kier molecular flexibility index (Phi) is 7.17. The Labute approximate surface area is 223 Å². The maximum atomic E-state index is 12.9. The Morgan fingerprint density at radius 1 is 0.811 bits per heavy atom. The first-order valence-corrected chi connectivity index (χ1v) is 12.2. The molecule has 37 heavy (non-hydrogen) atoms. The van der Waals surface area contributed by atoms with E-state index in [1.165, 1.54) is 18.3 Å². The zero-order valence-corrected chi connectivity index (χ0v) is 21.0. The second kappa shape index (κ2) is 10.8. The molecule has 0 saturated heterocycles. The van der Waals surface area contributed by atoms with Gasteiger partial charge in [-0.2, -0.15) is 5.10 Å². The highest BCUT2D eigenvalue weighted by atomic mass is 35.5. The molecule has 5 aromatic carbocycles. The minimum Gasteiger partial charge on any atom is -0.422 e. The lowest BCUT2D eigenvalue weighted by atomic mass is 10.0. The molecule has 0 radical (unpaired) electrons. The molecule has 0 fully saturated rings. The van der Waals surface area contributed by atoms with E-state index >= 15 is 0 Å². The van der Waals surface area contributed by atoms with Gasteiger partial charge in [0.05, 0.1) is 23.2 Å². The number of halogens is 2. The van der Waals surface area contributed by atoms with Gasteiger partial charge in [0.2, 0.25) is 5.91 Å². The van der Waals surface area contributed by atoms with Gasteiger partial charge in [0, 0.05) is 10.6 Å². The molecule has 0 aliphatic carbocycles. The van der Waals surface area contributed by atoms with Crippen LogP contribution in [0.15, 0.2) is 102 Å². The fraction of sp³-hybridized carbons (Fsp3) is 0.0333. The number of carbonyl (C=O) groups is 2. The molecule has 0 aliphatic rings. The van der Waals surface area contributed by atoms with Crippen molar-refractivity contribution in [1.29, 1.82) is 0 Å². The fourth-order valence-electron chi connectivity index (χ4n) is 4.14. The second-order valence-electron chi connectivity index (χ2n) is 8.32. The minimum atomic E-state index is -0.633. The van der Waals surface area contributed by atoms with E-state index in [1.54, 1.807) is 12.1 Å². The number of hydrogen-bond acceptors (Lipinski definition) is 4. The Hall–Kier alpha value is -4.19. The van der Waals surface area contributed by atoms with Crippen LogP contribution in [-0.4, -0.2) is 18.1 Å². The first kappa shape index (κ1) is 24.5. The predicted octanol–water partition coefficient (Wildman–Crippen LogP) is 7.21. The third-order valence-corrected chi connectivity index (χ3v) is 6.45. The summed E-state index contributed by atoms with van der Waals surface area (Å²) in [5, 5.41) is 8.61. The summed E-state index contributed by atoms with van der Waals surface area (Å²) in [4.78, 5) is 25.5. The van der Waals surface area contributed by atoms with Gasteiger partial charge in [-0.3, -0.25) is 4.79 Å². The summed E-state index contributed by atoms with van der Waals surface area (Å²) in [5.74, 6) is -0.618. The standard InChI is InChI=1S/C30H20Cl2N2O3/c31-22-13-14-25(27(32)17-22)30(36)37-28-15-12-20-7-2-4-11-24(20)26(28)18-33-34-29(35)16-21-9-5-8-19-6-1-3-10-23(19)21/h1-15,17-18H,16H2,(H,34,35)/b33-18+. The maximum Gasteiger partial charge on any atom is 0.345 e. The average molecular weight is 527 g/mol. The van der Waals surface area contributed by atoms with Crippen LogP contribution in [0.5, 0.6) is 5.75 Å². The van der Waals surface area contributed by atoms with E-state index in [2.05, 4.69) is 10.5 Å². The Bertz CT molecular complexity index is 1680. The second-order valence-corrected chi connectivity index (χ2v) is 9.16. The van der Waals surface area contributed by atoms with Crippen molar-refractivity contribution < 1.29 is 14.3 Å². The lowest BCUT2D eigenvalue weighted by Gasteiger charge is -2.11. The van der Waals surface area contributed by atoms with Crippen LogP contribution in [0.1, 0.15) is 21.5 Å². The van der Waals surface area contributed by atoms with Crippen LogP contribution >= 0.6 is 23.2 Å². The van der Waals surface area contributed by atoms with Gasteiger partial charge in [0.25, 0.3) is 0 Å². The summed E-state index contributed by atoms with van der Waals surface area (Å²) < 4.78 is 5.69. The molecule has 0 aliphatic heterocycles. The number of amides is 1. The highest BCUT2D eigenvalue weighted by Crippen LogP contribution is 2.29. The average Bonchev–Trinajstić information content (AvgIpc) is 2.90. The van der Waals surface area contributed by atoms with Crippen molar-refractivity contribution in [3.63, 3.8) is 0 Å². The zero-order valence-electron chi connectivity index (χ0n) is 19.4. The summed E-state index contributed by atoms with van der Waals surface area (Å²) in [7, 11) is 0. The van der Waals surface area contributed by atoms with Crippen LogP contribution < -0.4 is 10.2 Å². The van der Waals surface area contributed by atoms with Gasteiger partial charge in [-0.25, -0.2) is 10.2 Å². The molecular formula is C30H20Cl2N2O3. The van der Waals surface area contributed by atoms with Gasteiger partial charge in [-0.15, -0.1) is 0 Å². The number of nitrogens with one attached hydrogen (secondary N) is 1. The van der Waals surface area contributed by atoms with Gasteiger partial charge in [-0.05, 0) is 51.4 Å². The molecule has 5 nitrogen and oxygen atoms in total. The highest BCUT2D eigenvalue weighted by molar-refractivity contribution is 6.36. The normalized spacial score (nSPS) is 11.2. The van der Waals surface area contributed by atoms with Crippen LogP contribution in [0.25, 0.3) is 21.5 Å². The van der Waals surface area contributed by atoms with E-state index in [9.17, 15) is 9.59 Å². The minimum absolute atomic E-state index is 0.172. The summed E-state index contributed by atoms with van der Waals surface area (Å²) in [6.07, 6.45) is 1.65. The molecule has 0 unspecified atom stereocenters. The van der Waals surface area contributed by atoms with Crippen molar-refractivity contribution in [2.45, 2.75) is 6.42 Å². The predicted molar refractivity (Wildman–Crippen MR) is 149 cm³/mol. The first-order valence-electron chi connectivity index (χ1n) is 11.5. The number of esters is 1. The number of ether oxygens (including phenoxy) is 1. The SMILES string of the molecule is O=C(Cc1cccc2ccccc12)N/N=C/c1c(OC(=O)c2ccc(Cl)cc2Cl)ccc2ccccc12. The Balaban J connectivity index is 1.39. The Morgan fingerprint density at radius 3 is 2.30 bits per heavy atom. The molecule has 5 aromatic rings. The van der Waals surface area contributed by atoms with Crippen molar-refractivity contribution in [2.75, 3.05) is 0 Å². The van der Waals surface area contributed by atoms with Gasteiger partial charge in [-0.1, -0.05) is 96.0 Å². The van der Waals surface area contributed by atoms with Crippen molar-refractivity contribution in [2.24, 2.45) is 5.10 Å². The van der Waals surface area contributed by atoms with E-state index in [1.807, 2.05) is 72.8 Å². The lowest BCUT2D eigenvalue weighted by Crippen LogP contribution is -2.20. The zero-order chi connectivity index (χ0) is 25.8. The number of benzene rings is 5. The lowest BCUT2D eigenvalue weighted by molar-refractivity contribution is -0.120. The van der Waals surface area contributed by atoms with Crippen molar-refractivity contribution in [3.8, 4) is 5.75 Å². The molecule has 0 bridgehead atoms. The number of carbonyl (C=O) groups excluding carboxylic acids is 2. The first-order chi connectivity index (χ1) is 18.0. The maximum absolute atomic E-state index is 12.9. The monoisotopic (exact) mass is 526 g/mol. The van der Waals surface area contributed by atoms with Crippen LogP contribution in [0, 0.1) is 0 Å². The quantitative estimate of drug-likeness (QED) is 0.110. The summed E-state index contributed by atoms with van der Waals surface area (Å²) >= 11 is 12.1. The smallest absolute Gasteiger partial charge is 0.345 e. The number of rotatable bonds is 6. The van der Waals surface area contributed by atoms with Crippen LogP contribution in [-0.2, 0) is 11.2 Å². The van der Waals surface area contributed by atoms with Crippen molar-refractivity contribution >= 4 is 62.8 Å². The van der Waals surface area contributed by atoms with Gasteiger partial charge >= 0.3 is 5.97 Å². The number of hydrazone groups is 1. The molecule has 0 spiro atoms. The van der Waals surface area contributed by atoms with Gasteiger partial charge in [0.15, 0.2) is 0 Å². The van der Waals surface area contributed by atoms with Crippen LogP contribution in [0.2, 0.25) is 10.0 Å². The summed E-state index contributed by atoms with van der Waals surface area (Å²) in [5.41, 5.74) is 4.23.